The zero-order chi connectivity index (χ0) is 12.9. The molecule has 0 saturated carbocycles. The molecule has 1 rings (SSSR count). The smallest absolute Gasteiger partial charge is 0.240 e. The highest BCUT2D eigenvalue weighted by Gasteiger charge is 2.16. The maximum absolute atomic E-state index is 12.9. The van der Waals surface area contributed by atoms with E-state index in [4.69, 9.17) is 0 Å². The van der Waals surface area contributed by atoms with Crippen LogP contribution in [0.5, 0.6) is 0 Å². The molecule has 1 aromatic carbocycles. The SMILES string of the molecule is CNCCCNS(=O)(=O)c1ccc(F)cc1C. The molecule has 1 aromatic rings. The van der Waals surface area contributed by atoms with Gasteiger partial charge >= 0.3 is 0 Å². The highest BCUT2D eigenvalue weighted by Crippen LogP contribution is 2.15. The summed E-state index contributed by atoms with van der Waals surface area (Å²) in [7, 11) is -1.73. The second-order valence-electron chi connectivity index (χ2n) is 3.76. The predicted octanol–water partition coefficient (Wildman–Crippen LogP) is 1.02. The Hall–Kier alpha value is -0.980. The number of hydrogen-bond donors (Lipinski definition) is 2. The summed E-state index contributed by atoms with van der Waals surface area (Å²) >= 11 is 0. The quantitative estimate of drug-likeness (QED) is 0.751. The summed E-state index contributed by atoms with van der Waals surface area (Å²) < 4.78 is 39.1. The van der Waals surface area contributed by atoms with Gasteiger partial charge in [-0.15, -0.1) is 0 Å². The van der Waals surface area contributed by atoms with Gasteiger partial charge < -0.3 is 5.32 Å². The third-order valence-corrected chi connectivity index (χ3v) is 3.94. The van der Waals surface area contributed by atoms with Crippen molar-refractivity contribution in [2.24, 2.45) is 0 Å². The molecule has 0 fully saturated rings. The van der Waals surface area contributed by atoms with E-state index in [2.05, 4.69) is 10.0 Å². The van der Waals surface area contributed by atoms with Gasteiger partial charge in [-0.25, -0.2) is 17.5 Å². The van der Waals surface area contributed by atoms with Crippen LogP contribution in [-0.2, 0) is 10.0 Å². The normalized spacial score (nSPS) is 11.7. The van der Waals surface area contributed by atoms with Crippen molar-refractivity contribution in [1.82, 2.24) is 10.0 Å². The van der Waals surface area contributed by atoms with E-state index >= 15 is 0 Å². The molecule has 0 unspecified atom stereocenters. The molecule has 0 atom stereocenters. The van der Waals surface area contributed by atoms with Crippen LogP contribution in [0.1, 0.15) is 12.0 Å². The fourth-order valence-electron chi connectivity index (χ4n) is 1.46. The van der Waals surface area contributed by atoms with Crippen LogP contribution in [0, 0.1) is 12.7 Å². The molecular formula is C11H17FN2O2S. The molecule has 0 radical (unpaired) electrons. The summed E-state index contributed by atoms with van der Waals surface area (Å²) in [4.78, 5) is 0.128. The van der Waals surface area contributed by atoms with E-state index in [1.165, 1.54) is 12.1 Å². The summed E-state index contributed by atoms with van der Waals surface area (Å²) in [5, 5.41) is 2.93. The number of halogens is 1. The molecule has 0 aliphatic heterocycles. The number of hydrogen-bond acceptors (Lipinski definition) is 3. The number of benzene rings is 1. The summed E-state index contributed by atoms with van der Waals surface area (Å²) in [6.45, 7) is 2.68. The van der Waals surface area contributed by atoms with Crippen molar-refractivity contribution in [2.75, 3.05) is 20.1 Å². The lowest BCUT2D eigenvalue weighted by molar-refractivity contribution is 0.575. The Labute approximate surface area is 101 Å². The van der Waals surface area contributed by atoms with Crippen molar-refractivity contribution in [3.8, 4) is 0 Å². The van der Waals surface area contributed by atoms with E-state index in [0.717, 1.165) is 12.6 Å². The zero-order valence-electron chi connectivity index (χ0n) is 9.96. The van der Waals surface area contributed by atoms with Gasteiger partial charge in [0, 0.05) is 6.54 Å². The monoisotopic (exact) mass is 260 g/mol. The van der Waals surface area contributed by atoms with Gasteiger partial charge in [0.15, 0.2) is 0 Å². The molecule has 0 aliphatic rings. The van der Waals surface area contributed by atoms with Gasteiger partial charge in [0.1, 0.15) is 5.82 Å². The molecule has 4 nitrogen and oxygen atoms in total. The highest BCUT2D eigenvalue weighted by molar-refractivity contribution is 7.89. The average Bonchev–Trinajstić information content (AvgIpc) is 2.24. The first kappa shape index (κ1) is 14.1. The van der Waals surface area contributed by atoms with E-state index in [0.29, 0.717) is 18.5 Å². The van der Waals surface area contributed by atoms with Crippen LogP contribution in [0.3, 0.4) is 0 Å². The van der Waals surface area contributed by atoms with Crippen molar-refractivity contribution in [3.63, 3.8) is 0 Å². The van der Waals surface area contributed by atoms with Gasteiger partial charge in [-0.05, 0) is 50.7 Å². The van der Waals surface area contributed by atoms with E-state index in [9.17, 15) is 12.8 Å². The number of sulfonamides is 1. The minimum atomic E-state index is -3.53. The molecule has 0 amide bonds. The Morgan fingerprint density at radius 1 is 1.29 bits per heavy atom. The predicted molar refractivity (Wildman–Crippen MR) is 64.9 cm³/mol. The van der Waals surface area contributed by atoms with E-state index < -0.39 is 15.8 Å². The lowest BCUT2D eigenvalue weighted by Crippen LogP contribution is -2.27. The van der Waals surface area contributed by atoms with Crippen LogP contribution < -0.4 is 10.0 Å². The minimum absolute atomic E-state index is 0.128. The molecule has 0 aromatic heterocycles. The topological polar surface area (TPSA) is 58.2 Å². The van der Waals surface area contributed by atoms with Gasteiger partial charge in [-0.1, -0.05) is 0 Å². The maximum atomic E-state index is 12.9. The van der Waals surface area contributed by atoms with Gasteiger partial charge in [0.05, 0.1) is 4.90 Å². The van der Waals surface area contributed by atoms with Gasteiger partial charge in [0.25, 0.3) is 0 Å². The van der Waals surface area contributed by atoms with Gasteiger partial charge in [0.2, 0.25) is 10.0 Å². The molecule has 0 saturated heterocycles. The molecule has 0 spiro atoms. The highest BCUT2D eigenvalue weighted by atomic mass is 32.2. The summed E-state index contributed by atoms with van der Waals surface area (Å²) in [5.74, 6) is -0.434. The molecule has 6 heteroatoms. The standard InChI is InChI=1S/C11H17FN2O2S/c1-9-8-10(12)4-5-11(9)17(15,16)14-7-3-6-13-2/h4-5,8,13-14H,3,6-7H2,1-2H3. The van der Waals surface area contributed by atoms with E-state index in [1.54, 1.807) is 14.0 Å². The Balaban J connectivity index is 2.76. The lowest BCUT2D eigenvalue weighted by atomic mass is 10.2. The van der Waals surface area contributed by atoms with Crippen LogP contribution in [-0.4, -0.2) is 28.6 Å². The largest absolute Gasteiger partial charge is 0.320 e. The number of nitrogens with one attached hydrogen (secondary N) is 2. The van der Waals surface area contributed by atoms with Crippen LogP contribution in [0.25, 0.3) is 0 Å². The van der Waals surface area contributed by atoms with Crippen molar-refractivity contribution in [2.45, 2.75) is 18.2 Å². The second kappa shape index (κ2) is 6.09. The first-order chi connectivity index (χ1) is 7.97. The molecule has 0 heterocycles. The van der Waals surface area contributed by atoms with Crippen LogP contribution >= 0.6 is 0 Å². The Morgan fingerprint density at radius 2 is 2.00 bits per heavy atom. The van der Waals surface area contributed by atoms with Gasteiger partial charge in [-0.3, -0.25) is 0 Å². The summed E-state index contributed by atoms with van der Waals surface area (Å²) in [5.41, 5.74) is 0.408. The van der Waals surface area contributed by atoms with Crippen LogP contribution in [0.15, 0.2) is 23.1 Å². The van der Waals surface area contributed by atoms with E-state index in [1.807, 2.05) is 0 Å². The second-order valence-corrected chi connectivity index (χ2v) is 5.50. The van der Waals surface area contributed by atoms with Crippen molar-refractivity contribution < 1.29 is 12.8 Å². The fourth-order valence-corrected chi connectivity index (χ4v) is 2.76. The van der Waals surface area contributed by atoms with Crippen molar-refractivity contribution in [3.05, 3.63) is 29.6 Å². The van der Waals surface area contributed by atoms with E-state index in [-0.39, 0.29) is 4.90 Å². The maximum Gasteiger partial charge on any atom is 0.240 e. The molecule has 17 heavy (non-hydrogen) atoms. The molecule has 96 valence electrons. The summed E-state index contributed by atoms with van der Waals surface area (Å²) in [6.07, 6.45) is 0.704. The average molecular weight is 260 g/mol. The molecule has 0 aliphatic carbocycles. The van der Waals surface area contributed by atoms with Crippen molar-refractivity contribution >= 4 is 10.0 Å². The molecular weight excluding hydrogens is 243 g/mol. The minimum Gasteiger partial charge on any atom is -0.320 e. The Morgan fingerprint density at radius 3 is 2.59 bits per heavy atom. The third-order valence-electron chi connectivity index (χ3n) is 2.32. The number of aryl methyl sites for hydroxylation is 1. The fraction of sp³-hybridized carbons (Fsp3) is 0.455. The lowest BCUT2D eigenvalue weighted by Gasteiger charge is -2.09. The Bertz CT molecular complexity index is 474. The van der Waals surface area contributed by atoms with Gasteiger partial charge in [-0.2, -0.15) is 0 Å². The third kappa shape index (κ3) is 4.07. The summed E-state index contributed by atoms with van der Waals surface area (Å²) in [6, 6.07) is 3.64. The van der Waals surface area contributed by atoms with Crippen LogP contribution in [0.2, 0.25) is 0 Å². The number of rotatable bonds is 6. The van der Waals surface area contributed by atoms with Crippen LogP contribution in [0.4, 0.5) is 4.39 Å². The molecule has 2 N–H and O–H groups in total. The molecule has 0 bridgehead atoms. The Kier molecular flexibility index (Phi) is 5.04. The zero-order valence-corrected chi connectivity index (χ0v) is 10.8. The first-order valence-corrected chi connectivity index (χ1v) is 6.86. The van der Waals surface area contributed by atoms with Crippen molar-refractivity contribution in [1.29, 1.82) is 0 Å². The first-order valence-electron chi connectivity index (χ1n) is 5.38.